The highest BCUT2D eigenvalue weighted by atomic mass is 32.2. The summed E-state index contributed by atoms with van der Waals surface area (Å²) in [5.74, 6) is -0.209. The zero-order chi connectivity index (χ0) is 24.6. The number of amides is 1. The number of rotatable bonds is 5. The lowest BCUT2D eigenvalue weighted by molar-refractivity contribution is -0.119. The van der Waals surface area contributed by atoms with Crippen LogP contribution in [0, 0.1) is 6.92 Å². The molecule has 1 aromatic heterocycles. The molecule has 0 N–H and O–H groups in total. The third kappa shape index (κ3) is 4.53. The first kappa shape index (κ1) is 23.4. The van der Waals surface area contributed by atoms with E-state index < -0.39 is 10.0 Å². The standard InChI is InChI=1S/C26H28N4O4S/c1-19-9-10-21(17-24(19)35(33,34)28-14-5-2-6-15-28)22-11-12-25(31)30(27-22)18-26(32)29-16-13-20-7-3-4-8-23(20)29/h3-4,7-12,17H,2,5-6,13-16,18H2,1H3. The molecule has 5 rings (SSSR count). The minimum absolute atomic E-state index is 0.189. The van der Waals surface area contributed by atoms with Crippen LogP contribution in [-0.2, 0) is 27.8 Å². The van der Waals surface area contributed by atoms with Crippen LogP contribution in [0.25, 0.3) is 11.3 Å². The number of anilines is 1. The average molecular weight is 493 g/mol. The van der Waals surface area contributed by atoms with Crippen molar-refractivity contribution < 1.29 is 13.2 Å². The van der Waals surface area contributed by atoms with Crippen LogP contribution >= 0.6 is 0 Å². The second kappa shape index (κ2) is 9.39. The van der Waals surface area contributed by atoms with Crippen molar-refractivity contribution in [1.29, 1.82) is 0 Å². The van der Waals surface area contributed by atoms with E-state index in [0.29, 0.717) is 36.5 Å². The lowest BCUT2D eigenvalue weighted by Gasteiger charge is -2.26. The van der Waals surface area contributed by atoms with Crippen LogP contribution in [0.1, 0.15) is 30.4 Å². The SMILES string of the molecule is Cc1ccc(-c2ccc(=O)n(CC(=O)N3CCc4ccccc43)n2)cc1S(=O)(=O)N1CCCCC1. The number of hydrogen-bond acceptors (Lipinski definition) is 5. The van der Waals surface area contributed by atoms with Crippen molar-refractivity contribution in [2.75, 3.05) is 24.5 Å². The van der Waals surface area contributed by atoms with Crippen LogP contribution < -0.4 is 10.5 Å². The van der Waals surface area contributed by atoms with E-state index in [-0.39, 0.29) is 22.9 Å². The number of carbonyl (C=O) groups is 1. The van der Waals surface area contributed by atoms with E-state index >= 15 is 0 Å². The molecule has 1 fully saturated rings. The molecule has 9 heteroatoms. The molecule has 182 valence electrons. The summed E-state index contributed by atoms with van der Waals surface area (Å²) in [6.45, 7) is 3.21. The van der Waals surface area contributed by atoms with E-state index in [1.165, 1.54) is 6.07 Å². The summed E-state index contributed by atoms with van der Waals surface area (Å²) in [5.41, 5.74) is 3.27. The molecule has 2 aromatic carbocycles. The molecule has 3 heterocycles. The number of nitrogens with zero attached hydrogens (tertiary/aromatic N) is 4. The topological polar surface area (TPSA) is 92.6 Å². The first-order chi connectivity index (χ1) is 16.8. The van der Waals surface area contributed by atoms with E-state index in [0.717, 1.165) is 41.6 Å². The molecule has 0 aliphatic carbocycles. The van der Waals surface area contributed by atoms with Gasteiger partial charge in [-0.2, -0.15) is 9.40 Å². The largest absolute Gasteiger partial charge is 0.310 e. The van der Waals surface area contributed by atoms with Gasteiger partial charge in [-0.25, -0.2) is 13.1 Å². The maximum atomic E-state index is 13.3. The van der Waals surface area contributed by atoms with Gasteiger partial charge in [0.1, 0.15) is 6.54 Å². The summed E-state index contributed by atoms with van der Waals surface area (Å²) in [6, 6.07) is 15.9. The molecular weight excluding hydrogens is 464 g/mol. The molecule has 0 bridgehead atoms. The van der Waals surface area contributed by atoms with Crippen molar-refractivity contribution in [3.8, 4) is 11.3 Å². The number of carbonyl (C=O) groups excluding carboxylic acids is 1. The Morgan fingerprint density at radius 2 is 1.74 bits per heavy atom. The van der Waals surface area contributed by atoms with E-state index in [1.807, 2.05) is 24.3 Å². The number of aryl methyl sites for hydroxylation is 1. The summed E-state index contributed by atoms with van der Waals surface area (Å²) in [7, 11) is -3.62. The van der Waals surface area contributed by atoms with E-state index in [4.69, 9.17) is 0 Å². The molecule has 1 amide bonds. The Labute approximate surface area is 204 Å². The molecule has 0 radical (unpaired) electrons. The molecule has 2 aliphatic heterocycles. The van der Waals surface area contributed by atoms with Gasteiger partial charge in [-0.3, -0.25) is 9.59 Å². The summed E-state index contributed by atoms with van der Waals surface area (Å²) in [6.07, 6.45) is 3.54. The maximum Gasteiger partial charge on any atom is 0.267 e. The predicted octanol–water partition coefficient (Wildman–Crippen LogP) is 2.98. The molecule has 3 aromatic rings. The fourth-order valence-electron chi connectivity index (χ4n) is 4.81. The Morgan fingerprint density at radius 3 is 2.54 bits per heavy atom. The maximum absolute atomic E-state index is 13.3. The number of benzene rings is 2. The zero-order valence-corrected chi connectivity index (χ0v) is 20.5. The monoisotopic (exact) mass is 492 g/mol. The van der Waals surface area contributed by atoms with Gasteiger partial charge >= 0.3 is 0 Å². The van der Waals surface area contributed by atoms with Crippen molar-refractivity contribution >= 4 is 21.6 Å². The fraction of sp³-hybridized carbons (Fsp3) is 0.346. The van der Waals surface area contributed by atoms with Gasteiger partial charge in [-0.05, 0) is 55.5 Å². The van der Waals surface area contributed by atoms with Gasteiger partial charge in [0.05, 0.1) is 10.6 Å². The molecule has 0 spiro atoms. The number of hydrogen-bond donors (Lipinski definition) is 0. The van der Waals surface area contributed by atoms with Crippen molar-refractivity contribution in [3.63, 3.8) is 0 Å². The molecule has 0 saturated carbocycles. The number of para-hydroxylation sites is 1. The third-order valence-corrected chi connectivity index (χ3v) is 8.80. The molecule has 2 aliphatic rings. The van der Waals surface area contributed by atoms with Crippen LogP contribution in [0.4, 0.5) is 5.69 Å². The smallest absolute Gasteiger partial charge is 0.267 e. The summed E-state index contributed by atoms with van der Waals surface area (Å²) >= 11 is 0. The van der Waals surface area contributed by atoms with Crippen LogP contribution in [0.15, 0.2) is 64.3 Å². The summed E-state index contributed by atoms with van der Waals surface area (Å²) < 4.78 is 29.3. The molecule has 1 saturated heterocycles. The Kier molecular flexibility index (Phi) is 6.29. The Morgan fingerprint density at radius 1 is 0.971 bits per heavy atom. The van der Waals surface area contributed by atoms with Gasteiger partial charge in [0.25, 0.3) is 5.56 Å². The molecule has 0 atom stereocenters. The first-order valence-electron chi connectivity index (χ1n) is 11.9. The van der Waals surface area contributed by atoms with Crippen molar-refractivity contribution in [2.24, 2.45) is 0 Å². The number of piperidine rings is 1. The predicted molar refractivity (Wildman–Crippen MR) is 134 cm³/mol. The zero-order valence-electron chi connectivity index (χ0n) is 19.7. The second-order valence-electron chi connectivity index (χ2n) is 9.08. The van der Waals surface area contributed by atoms with Crippen molar-refractivity contribution in [1.82, 2.24) is 14.1 Å². The Bertz CT molecular complexity index is 1440. The number of fused-ring (bicyclic) bond motifs is 1. The number of sulfonamides is 1. The van der Waals surface area contributed by atoms with Gasteiger partial charge in [0.15, 0.2) is 0 Å². The Hall–Kier alpha value is -3.30. The second-order valence-corrected chi connectivity index (χ2v) is 11.0. The minimum atomic E-state index is -3.62. The lowest BCUT2D eigenvalue weighted by atomic mass is 10.1. The average Bonchev–Trinajstić information content (AvgIpc) is 3.30. The first-order valence-corrected chi connectivity index (χ1v) is 13.4. The summed E-state index contributed by atoms with van der Waals surface area (Å²) in [4.78, 5) is 27.5. The molecular formula is C26H28N4O4S. The lowest BCUT2D eigenvalue weighted by Crippen LogP contribution is -2.36. The molecule has 8 nitrogen and oxygen atoms in total. The van der Waals surface area contributed by atoms with Gasteiger partial charge < -0.3 is 4.90 Å². The molecule has 35 heavy (non-hydrogen) atoms. The summed E-state index contributed by atoms with van der Waals surface area (Å²) in [5, 5.41) is 4.42. The molecule has 0 unspecified atom stereocenters. The normalized spacial score (nSPS) is 16.3. The quantitative estimate of drug-likeness (QED) is 0.546. The van der Waals surface area contributed by atoms with Crippen molar-refractivity contribution in [2.45, 2.75) is 44.0 Å². The highest BCUT2D eigenvalue weighted by Gasteiger charge is 2.28. The number of aromatic nitrogens is 2. The van der Waals surface area contributed by atoms with Crippen LogP contribution in [0.3, 0.4) is 0 Å². The van der Waals surface area contributed by atoms with Crippen LogP contribution in [0.2, 0.25) is 0 Å². The van der Waals surface area contributed by atoms with Crippen LogP contribution in [-0.4, -0.2) is 48.0 Å². The van der Waals surface area contributed by atoms with Crippen LogP contribution in [0.5, 0.6) is 0 Å². The fourth-order valence-corrected chi connectivity index (χ4v) is 6.58. The van der Waals surface area contributed by atoms with E-state index in [9.17, 15) is 18.0 Å². The highest BCUT2D eigenvalue weighted by Crippen LogP contribution is 2.29. The van der Waals surface area contributed by atoms with Crippen molar-refractivity contribution in [3.05, 3.63) is 76.1 Å². The Balaban J connectivity index is 1.43. The highest BCUT2D eigenvalue weighted by molar-refractivity contribution is 7.89. The van der Waals surface area contributed by atoms with Gasteiger partial charge in [-0.1, -0.05) is 36.8 Å². The van der Waals surface area contributed by atoms with E-state index in [1.54, 1.807) is 40.4 Å². The minimum Gasteiger partial charge on any atom is -0.310 e. The van der Waals surface area contributed by atoms with Gasteiger partial charge in [-0.15, -0.1) is 0 Å². The third-order valence-electron chi connectivity index (χ3n) is 6.76. The van der Waals surface area contributed by atoms with Gasteiger partial charge in [0, 0.05) is 37.0 Å². The van der Waals surface area contributed by atoms with E-state index in [2.05, 4.69) is 5.10 Å². The van der Waals surface area contributed by atoms with Gasteiger partial charge in [0.2, 0.25) is 15.9 Å².